The topological polar surface area (TPSA) is 88.4 Å². The Morgan fingerprint density at radius 1 is 1.19 bits per heavy atom. The Bertz CT molecular complexity index is 896. The summed E-state index contributed by atoms with van der Waals surface area (Å²) in [5.41, 5.74) is 0. The number of rotatable bonds is 4. The molecule has 0 N–H and O–H groups in total. The zero-order valence-electron chi connectivity index (χ0n) is 13.9. The van der Waals surface area contributed by atoms with Gasteiger partial charge in [-0.3, -0.25) is 4.79 Å². The van der Waals surface area contributed by atoms with Crippen molar-refractivity contribution in [3.05, 3.63) is 42.5 Å². The number of piperazine rings is 1. The minimum atomic E-state index is -4.17. The smallest absolute Gasteiger partial charge is 0.247 e. The lowest BCUT2D eigenvalue weighted by atomic mass is 10.2. The van der Waals surface area contributed by atoms with Gasteiger partial charge in [-0.05, 0) is 25.1 Å². The third kappa shape index (κ3) is 3.44. The van der Waals surface area contributed by atoms with Crippen LogP contribution in [-0.2, 0) is 14.8 Å². The van der Waals surface area contributed by atoms with Crippen LogP contribution in [0.4, 0.5) is 8.78 Å². The first kappa shape index (κ1) is 18.4. The number of carbonyl (C=O) groups is 1. The molecule has 1 fully saturated rings. The van der Waals surface area contributed by atoms with Crippen LogP contribution in [0.15, 0.2) is 35.7 Å². The van der Waals surface area contributed by atoms with Crippen molar-refractivity contribution >= 4 is 15.9 Å². The highest BCUT2D eigenvalue weighted by atomic mass is 32.2. The molecule has 1 aromatic carbocycles. The van der Waals surface area contributed by atoms with Crippen molar-refractivity contribution in [2.45, 2.75) is 17.9 Å². The fourth-order valence-corrected chi connectivity index (χ4v) is 4.26. The first-order chi connectivity index (χ1) is 12.3. The molecule has 1 amide bonds. The first-order valence-corrected chi connectivity index (χ1v) is 9.33. The molecule has 26 heavy (non-hydrogen) atoms. The summed E-state index contributed by atoms with van der Waals surface area (Å²) in [4.78, 5) is 17.1. The molecule has 0 bridgehead atoms. The molecular formula is C15H17F2N5O3S. The van der Waals surface area contributed by atoms with E-state index in [1.807, 2.05) is 0 Å². The largest absolute Gasteiger partial charge is 0.338 e. The molecule has 2 heterocycles. The molecule has 0 radical (unpaired) electrons. The number of nitrogens with zero attached hydrogens (tertiary/aromatic N) is 5. The van der Waals surface area contributed by atoms with E-state index in [-0.39, 0.29) is 32.1 Å². The Balaban J connectivity index is 1.70. The Morgan fingerprint density at radius 3 is 2.50 bits per heavy atom. The van der Waals surface area contributed by atoms with Crippen molar-refractivity contribution in [1.29, 1.82) is 0 Å². The van der Waals surface area contributed by atoms with E-state index in [4.69, 9.17) is 0 Å². The predicted octanol–water partition coefficient (Wildman–Crippen LogP) is 0.650. The zero-order valence-corrected chi connectivity index (χ0v) is 14.7. The van der Waals surface area contributed by atoms with Crippen molar-refractivity contribution in [1.82, 2.24) is 24.0 Å². The van der Waals surface area contributed by atoms with Crippen LogP contribution >= 0.6 is 0 Å². The van der Waals surface area contributed by atoms with E-state index < -0.39 is 32.6 Å². The molecule has 3 rings (SSSR count). The summed E-state index contributed by atoms with van der Waals surface area (Å²) in [5.74, 6) is -2.06. The average Bonchev–Trinajstić information content (AvgIpc) is 3.17. The molecule has 140 valence electrons. The normalized spacial score (nSPS) is 17.3. The minimum Gasteiger partial charge on any atom is -0.338 e. The van der Waals surface area contributed by atoms with E-state index in [9.17, 15) is 22.0 Å². The van der Waals surface area contributed by atoms with Crippen molar-refractivity contribution in [3.8, 4) is 0 Å². The van der Waals surface area contributed by atoms with E-state index in [0.29, 0.717) is 6.07 Å². The molecule has 1 atom stereocenters. The lowest BCUT2D eigenvalue weighted by Gasteiger charge is -2.35. The van der Waals surface area contributed by atoms with Gasteiger partial charge >= 0.3 is 0 Å². The number of hydrogen-bond acceptors (Lipinski definition) is 5. The van der Waals surface area contributed by atoms with Crippen LogP contribution in [0.25, 0.3) is 0 Å². The molecular weight excluding hydrogens is 368 g/mol. The lowest BCUT2D eigenvalue weighted by Crippen LogP contribution is -2.51. The van der Waals surface area contributed by atoms with Gasteiger partial charge in [-0.15, -0.1) is 0 Å². The number of sulfonamides is 1. The Hall–Kier alpha value is -2.40. The van der Waals surface area contributed by atoms with Crippen LogP contribution in [-0.4, -0.2) is 64.5 Å². The molecule has 1 aliphatic heterocycles. The number of carbonyl (C=O) groups excluding carboxylic acids is 1. The molecule has 11 heteroatoms. The average molecular weight is 385 g/mol. The van der Waals surface area contributed by atoms with Crippen LogP contribution in [0.5, 0.6) is 0 Å². The highest BCUT2D eigenvalue weighted by Crippen LogP contribution is 2.22. The molecule has 0 saturated carbocycles. The monoisotopic (exact) mass is 385 g/mol. The van der Waals surface area contributed by atoms with Crippen LogP contribution in [0, 0.1) is 11.6 Å². The van der Waals surface area contributed by atoms with Gasteiger partial charge in [0.1, 0.15) is 35.2 Å². The molecule has 2 aromatic rings. The van der Waals surface area contributed by atoms with Crippen LogP contribution in [0.3, 0.4) is 0 Å². The van der Waals surface area contributed by atoms with Gasteiger partial charge in [0.05, 0.1) is 0 Å². The third-order valence-corrected chi connectivity index (χ3v) is 6.17. The first-order valence-electron chi connectivity index (χ1n) is 7.89. The van der Waals surface area contributed by atoms with Gasteiger partial charge in [0.25, 0.3) is 0 Å². The fourth-order valence-electron chi connectivity index (χ4n) is 2.76. The quantitative estimate of drug-likeness (QED) is 0.771. The van der Waals surface area contributed by atoms with Crippen LogP contribution < -0.4 is 0 Å². The van der Waals surface area contributed by atoms with Crippen molar-refractivity contribution in [3.63, 3.8) is 0 Å². The van der Waals surface area contributed by atoms with Crippen LogP contribution in [0.2, 0.25) is 0 Å². The van der Waals surface area contributed by atoms with Crippen molar-refractivity contribution < 1.29 is 22.0 Å². The number of amides is 1. The summed E-state index contributed by atoms with van der Waals surface area (Å²) in [7, 11) is -4.17. The highest BCUT2D eigenvalue weighted by molar-refractivity contribution is 7.89. The number of hydrogen-bond donors (Lipinski definition) is 0. The molecule has 0 spiro atoms. The number of benzene rings is 1. The van der Waals surface area contributed by atoms with Gasteiger partial charge in [-0.1, -0.05) is 0 Å². The highest BCUT2D eigenvalue weighted by Gasteiger charge is 2.33. The third-order valence-electron chi connectivity index (χ3n) is 4.25. The van der Waals surface area contributed by atoms with Gasteiger partial charge in [0.2, 0.25) is 15.9 Å². The van der Waals surface area contributed by atoms with Gasteiger partial charge in [-0.25, -0.2) is 26.9 Å². The maximum atomic E-state index is 13.8. The van der Waals surface area contributed by atoms with Crippen LogP contribution in [0.1, 0.15) is 13.0 Å². The fraction of sp³-hybridized carbons (Fsp3) is 0.400. The number of aromatic nitrogens is 3. The molecule has 1 aliphatic rings. The maximum Gasteiger partial charge on any atom is 0.247 e. The maximum absolute atomic E-state index is 13.8. The molecule has 8 nitrogen and oxygen atoms in total. The zero-order chi connectivity index (χ0) is 18.9. The second-order valence-corrected chi connectivity index (χ2v) is 7.76. The van der Waals surface area contributed by atoms with E-state index in [0.717, 1.165) is 16.4 Å². The van der Waals surface area contributed by atoms with Gasteiger partial charge in [0.15, 0.2) is 0 Å². The summed E-state index contributed by atoms with van der Waals surface area (Å²) in [5, 5.41) is 3.92. The standard InChI is InChI=1S/C15H17F2N5O3S/c1-11(22-10-18-9-19-22)15(23)20-4-6-21(7-5-20)26(24,25)14-8-12(16)2-3-13(14)17/h2-3,8-11H,4-7H2,1H3. The summed E-state index contributed by atoms with van der Waals surface area (Å²) in [6.45, 7) is 1.95. The molecule has 0 aliphatic carbocycles. The summed E-state index contributed by atoms with van der Waals surface area (Å²) in [6, 6.07) is 1.73. The van der Waals surface area contributed by atoms with E-state index >= 15 is 0 Å². The van der Waals surface area contributed by atoms with E-state index in [1.165, 1.54) is 22.2 Å². The van der Waals surface area contributed by atoms with Gasteiger partial charge in [-0.2, -0.15) is 9.40 Å². The predicted molar refractivity (Wildman–Crippen MR) is 86.4 cm³/mol. The van der Waals surface area contributed by atoms with Gasteiger partial charge < -0.3 is 4.90 Å². The Labute approximate surface area is 149 Å². The second kappa shape index (κ2) is 7.08. The van der Waals surface area contributed by atoms with E-state index in [1.54, 1.807) is 6.92 Å². The Kier molecular flexibility index (Phi) is 5.01. The lowest BCUT2D eigenvalue weighted by molar-refractivity contribution is -0.135. The van der Waals surface area contributed by atoms with Crippen molar-refractivity contribution in [2.75, 3.05) is 26.2 Å². The second-order valence-electron chi connectivity index (χ2n) is 5.86. The molecule has 1 aromatic heterocycles. The minimum absolute atomic E-state index is 0.00585. The number of halogens is 2. The molecule has 1 saturated heterocycles. The SMILES string of the molecule is CC(C(=O)N1CCN(S(=O)(=O)c2cc(F)ccc2F)CC1)n1cncn1. The van der Waals surface area contributed by atoms with Gasteiger partial charge in [0, 0.05) is 26.2 Å². The molecule has 1 unspecified atom stereocenters. The van der Waals surface area contributed by atoms with E-state index in [2.05, 4.69) is 10.1 Å². The van der Waals surface area contributed by atoms with Crippen molar-refractivity contribution in [2.24, 2.45) is 0 Å². The summed E-state index contributed by atoms with van der Waals surface area (Å²) in [6.07, 6.45) is 2.75. The summed E-state index contributed by atoms with van der Waals surface area (Å²) >= 11 is 0. The Morgan fingerprint density at radius 2 is 1.88 bits per heavy atom. The summed E-state index contributed by atoms with van der Waals surface area (Å²) < 4.78 is 54.7.